The maximum Gasteiger partial charge on any atom is 0.319 e. The van der Waals surface area contributed by atoms with Crippen LogP contribution in [-0.2, 0) is 0 Å². The lowest BCUT2D eigenvalue weighted by Gasteiger charge is -2.09. The van der Waals surface area contributed by atoms with Crippen LogP contribution < -0.4 is 16.0 Å². The average molecular weight is 315 g/mol. The molecule has 0 aliphatic heterocycles. The van der Waals surface area contributed by atoms with E-state index in [1.807, 2.05) is 18.2 Å². The number of hydrogen-bond donors (Lipinski definition) is 3. The summed E-state index contributed by atoms with van der Waals surface area (Å²) >= 11 is 0. The summed E-state index contributed by atoms with van der Waals surface area (Å²) in [6.07, 6.45) is 0. The second-order valence-corrected chi connectivity index (χ2v) is 4.97. The van der Waals surface area contributed by atoms with Gasteiger partial charge < -0.3 is 16.0 Å². The van der Waals surface area contributed by atoms with E-state index in [2.05, 4.69) is 16.0 Å². The molecule has 0 aliphatic rings. The Balaban J connectivity index is 1.71. The van der Waals surface area contributed by atoms with E-state index in [0.717, 1.165) is 0 Å². The molecule has 0 unspecified atom stereocenters. The van der Waals surface area contributed by atoms with Crippen LogP contribution in [0.1, 0.15) is 15.9 Å². The molecule has 0 saturated carbocycles. The average Bonchev–Trinajstić information content (AvgIpc) is 2.55. The van der Waals surface area contributed by atoms with Crippen LogP contribution in [0.25, 0.3) is 0 Å². The van der Waals surface area contributed by atoms with Gasteiger partial charge in [0, 0.05) is 24.3 Å². The first-order valence-corrected chi connectivity index (χ1v) is 7.20. The molecule has 0 saturated heterocycles. The molecule has 0 aliphatic carbocycles. The molecule has 0 fully saturated rings. The molecule has 0 heterocycles. The van der Waals surface area contributed by atoms with Crippen LogP contribution >= 0.6 is 0 Å². The standard InChI is InChI=1S/C17H18FN3O2/c1-12-7-8-13(11-15(12)18)16(22)19-9-10-20-17(23)21-14-5-3-2-4-6-14/h2-8,11H,9-10H2,1H3,(H,19,22)(H2,20,21,23). The second kappa shape index (κ2) is 7.93. The smallest absolute Gasteiger partial charge is 0.319 e. The number of benzene rings is 2. The molecule has 120 valence electrons. The van der Waals surface area contributed by atoms with Gasteiger partial charge in [0.1, 0.15) is 5.82 Å². The SMILES string of the molecule is Cc1ccc(C(=O)NCCNC(=O)Nc2ccccc2)cc1F. The molecule has 5 nitrogen and oxygen atoms in total. The van der Waals surface area contributed by atoms with E-state index in [9.17, 15) is 14.0 Å². The summed E-state index contributed by atoms with van der Waals surface area (Å²) in [5.74, 6) is -0.799. The van der Waals surface area contributed by atoms with Crippen LogP contribution in [0, 0.1) is 12.7 Å². The predicted molar refractivity (Wildman–Crippen MR) is 86.9 cm³/mol. The van der Waals surface area contributed by atoms with Crippen molar-refractivity contribution < 1.29 is 14.0 Å². The largest absolute Gasteiger partial charge is 0.350 e. The number of amides is 3. The molecule has 0 aromatic heterocycles. The first kappa shape index (κ1) is 16.5. The molecule has 0 bridgehead atoms. The lowest BCUT2D eigenvalue weighted by atomic mass is 10.1. The summed E-state index contributed by atoms with van der Waals surface area (Å²) in [5.41, 5.74) is 1.42. The number of halogens is 1. The molecule has 6 heteroatoms. The molecule has 2 aromatic carbocycles. The Morgan fingerprint density at radius 2 is 1.70 bits per heavy atom. The van der Waals surface area contributed by atoms with Crippen molar-refractivity contribution in [2.75, 3.05) is 18.4 Å². The molecule has 2 rings (SSSR count). The molecule has 0 spiro atoms. The topological polar surface area (TPSA) is 70.2 Å². The Labute approximate surface area is 133 Å². The fourth-order valence-electron chi connectivity index (χ4n) is 1.88. The van der Waals surface area contributed by atoms with Crippen LogP contribution in [0.3, 0.4) is 0 Å². The normalized spacial score (nSPS) is 10.0. The highest BCUT2D eigenvalue weighted by atomic mass is 19.1. The Hall–Kier alpha value is -2.89. The number of carbonyl (C=O) groups is 2. The number of hydrogen-bond acceptors (Lipinski definition) is 2. The number of aryl methyl sites for hydroxylation is 1. The maximum absolute atomic E-state index is 13.4. The molecule has 23 heavy (non-hydrogen) atoms. The van der Waals surface area contributed by atoms with Gasteiger partial charge in [-0.3, -0.25) is 4.79 Å². The van der Waals surface area contributed by atoms with Crippen molar-refractivity contribution in [2.24, 2.45) is 0 Å². The predicted octanol–water partition coefficient (Wildman–Crippen LogP) is 2.69. The summed E-state index contributed by atoms with van der Waals surface area (Å²) in [4.78, 5) is 23.5. The Kier molecular flexibility index (Phi) is 5.68. The van der Waals surface area contributed by atoms with Crippen LogP contribution in [-0.4, -0.2) is 25.0 Å². The fraction of sp³-hybridized carbons (Fsp3) is 0.176. The van der Waals surface area contributed by atoms with Crippen molar-refractivity contribution in [3.05, 3.63) is 65.5 Å². The zero-order chi connectivity index (χ0) is 16.7. The van der Waals surface area contributed by atoms with Gasteiger partial charge in [0.25, 0.3) is 5.91 Å². The van der Waals surface area contributed by atoms with E-state index >= 15 is 0 Å². The zero-order valence-corrected chi connectivity index (χ0v) is 12.7. The molecule has 0 atom stereocenters. The first-order chi connectivity index (χ1) is 11.1. The number of rotatable bonds is 5. The van der Waals surface area contributed by atoms with Crippen molar-refractivity contribution >= 4 is 17.6 Å². The van der Waals surface area contributed by atoms with Gasteiger partial charge in [0.2, 0.25) is 0 Å². The molecule has 2 aromatic rings. The number of urea groups is 1. The van der Waals surface area contributed by atoms with Crippen LogP contribution in [0.2, 0.25) is 0 Å². The molecule has 0 radical (unpaired) electrons. The molecular formula is C17H18FN3O2. The summed E-state index contributed by atoms with van der Waals surface area (Å²) in [7, 11) is 0. The molecular weight excluding hydrogens is 297 g/mol. The van der Waals surface area contributed by atoms with Gasteiger partial charge in [0.05, 0.1) is 0 Å². The third-order valence-electron chi connectivity index (χ3n) is 3.16. The third-order valence-corrected chi connectivity index (χ3v) is 3.16. The van der Waals surface area contributed by atoms with Crippen molar-refractivity contribution in [1.29, 1.82) is 0 Å². The van der Waals surface area contributed by atoms with Crippen molar-refractivity contribution in [2.45, 2.75) is 6.92 Å². The summed E-state index contributed by atoms with van der Waals surface area (Å²) in [6.45, 7) is 2.14. The number of nitrogens with one attached hydrogen (secondary N) is 3. The summed E-state index contributed by atoms with van der Waals surface area (Å²) in [5, 5.41) is 7.90. The van der Waals surface area contributed by atoms with Gasteiger partial charge >= 0.3 is 6.03 Å². The molecule has 3 amide bonds. The summed E-state index contributed by atoms with van der Waals surface area (Å²) < 4.78 is 13.4. The minimum absolute atomic E-state index is 0.247. The quantitative estimate of drug-likeness (QED) is 0.742. The third kappa shape index (κ3) is 5.10. The van der Waals surface area contributed by atoms with Gasteiger partial charge in [-0.15, -0.1) is 0 Å². The lowest BCUT2D eigenvalue weighted by Crippen LogP contribution is -2.36. The highest BCUT2D eigenvalue weighted by Crippen LogP contribution is 2.08. The van der Waals surface area contributed by atoms with E-state index < -0.39 is 5.82 Å². The maximum atomic E-state index is 13.4. The Morgan fingerprint density at radius 1 is 1.00 bits per heavy atom. The van der Waals surface area contributed by atoms with Crippen molar-refractivity contribution in [3.8, 4) is 0 Å². The summed E-state index contributed by atoms with van der Waals surface area (Å²) in [6, 6.07) is 13.0. The van der Waals surface area contributed by atoms with E-state index in [0.29, 0.717) is 11.3 Å². The van der Waals surface area contributed by atoms with Crippen molar-refractivity contribution in [1.82, 2.24) is 10.6 Å². The highest BCUT2D eigenvalue weighted by Gasteiger charge is 2.07. The first-order valence-electron chi connectivity index (χ1n) is 7.20. The number of carbonyl (C=O) groups excluding carboxylic acids is 2. The van der Waals surface area contributed by atoms with Crippen LogP contribution in [0.15, 0.2) is 48.5 Å². The fourth-order valence-corrected chi connectivity index (χ4v) is 1.88. The van der Waals surface area contributed by atoms with Crippen LogP contribution in [0.4, 0.5) is 14.9 Å². The minimum Gasteiger partial charge on any atom is -0.350 e. The minimum atomic E-state index is -0.419. The Morgan fingerprint density at radius 3 is 2.39 bits per heavy atom. The van der Waals surface area contributed by atoms with E-state index in [1.165, 1.54) is 6.07 Å². The van der Waals surface area contributed by atoms with E-state index in [1.54, 1.807) is 31.2 Å². The van der Waals surface area contributed by atoms with Crippen molar-refractivity contribution in [3.63, 3.8) is 0 Å². The lowest BCUT2D eigenvalue weighted by molar-refractivity contribution is 0.0953. The monoisotopic (exact) mass is 315 g/mol. The van der Waals surface area contributed by atoms with Gasteiger partial charge in [-0.1, -0.05) is 24.3 Å². The Bertz CT molecular complexity index is 689. The zero-order valence-electron chi connectivity index (χ0n) is 12.7. The molecule has 3 N–H and O–H groups in total. The highest BCUT2D eigenvalue weighted by molar-refractivity contribution is 5.94. The number of anilines is 1. The number of para-hydroxylation sites is 1. The van der Waals surface area contributed by atoms with Gasteiger partial charge in [-0.25, -0.2) is 9.18 Å². The van der Waals surface area contributed by atoms with E-state index in [-0.39, 0.29) is 30.6 Å². The van der Waals surface area contributed by atoms with Gasteiger partial charge in [-0.2, -0.15) is 0 Å². The van der Waals surface area contributed by atoms with Gasteiger partial charge in [0.15, 0.2) is 0 Å². The second-order valence-electron chi connectivity index (χ2n) is 4.97. The van der Waals surface area contributed by atoms with Crippen LogP contribution in [0.5, 0.6) is 0 Å². The van der Waals surface area contributed by atoms with E-state index in [4.69, 9.17) is 0 Å². The van der Waals surface area contributed by atoms with Gasteiger partial charge in [-0.05, 0) is 36.8 Å².